The Morgan fingerprint density at radius 3 is 2.30 bits per heavy atom. The van der Waals surface area contributed by atoms with E-state index >= 15 is 0 Å². The number of esters is 1. The highest BCUT2D eigenvalue weighted by atomic mass is 32.1. The maximum absolute atomic E-state index is 13.2. The summed E-state index contributed by atoms with van der Waals surface area (Å²) in [5, 5.41) is 15.2. The lowest BCUT2D eigenvalue weighted by Crippen LogP contribution is -2.66. The molecule has 2 aromatic rings. The summed E-state index contributed by atoms with van der Waals surface area (Å²) in [4.78, 5) is 14.4. The highest BCUT2D eigenvalue weighted by Gasteiger charge is 2.90. The third-order valence-corrected chi connectivity index (χ3v) is 8.98. The van der Waals surface area contributed by atoms with Crippen LogP contribution in [0.4, 0.5) is 0 Å². The molecular weight excluding hydrogens is 382 g/mol. The maximum Gasteiger partial charge on any atom is 0.349 e. The number of ether oxygens (including phenoxy) is 2. The minimum absolute atomic E-state index is 0.0760. The van der Waals surface area contributed by atoms with Gasteiger partial charge in [0.1, 0.15) is 18.3 Å². The zero-order valence-electron chi connectivity index (χ0n) is 15.6. The van der Waals surface area contributed by atoms with Crippen molar-refractivity contribution >= 4 is 28.6 Å². The molecule has 27 heavy (non-hydrogen) atoms. The van der Waals surface area contributed by atoms with E-state index in [-0.39, 0.29) is 11.6 Å². The number of carbonyl (C=O) groups excluding carboxylic acids is 1. The number of piperidine rings is 1. The van der Waals surface area contributed by atoms with Crippen molar-refractivity contribution in [3.63, 3.8) is 0 Å². The Hall–Kier alpha value is -1.25. The first kappa shape index (κ1) is 17.8. The molecule has 144 valence electrons. The van der Waals surface area contributed by atoms with Gasteiger partial charge in [-0.1, -0.05) is 12.1 Å². The smallest absolute Gasteiger partial charge is 0.349 e. The van der Waals surface area contributed by atoms with Crippen LogP contribution in [0.5, 0.6) is 0 Å². The van der Waals surface area contributed by atoms with Gasteiger partial charge in [0.25, 0.3) is 0 Å². The number of rotatable bonds is 4. The van der Waals surface area contributed by atoms with E-state index in [1.54, 1.807) is 12.1 Å². The average molecular weight is 407 g/mol. The van der Waals surface area contributed by atoms with Crippen LogP contribution in [0, 0.1) is 0 Å². The molecule has 3 fully saturated rings. The topological polar surface area (TPSA) is 59.1 Å². The van der Waals surface area contributed by atoms with Gasteiger partial charge in [0.05, 0.1) is 29.9 Å². The number of hydrogen-bond acceptors (Lipinski definition) is 6. The average Bonchev–Trinajstić information content (AvgIpc) is 3.31. The van der Waals surface area contributed by atoms with E-state index in [4.69, 9.17) is 9.47 Å². The Balaban J connectivity index is 1.41. The first-order valence-corrected chi connectivity index (χ1v) is 11.1. The highest BCUT2D eigenvalue weighted by Crippen LogP contribution is 2.67. The van der Waals surface area contributed by atoms with E-state index in [2.05, 4.69) is 21.0 Å². The van der Waals surface area contributed by atoms with Crippen molar-refractivity contribution in [2.45, 2.75) is 55.3 Å². The van der Waals surface area contributed by atoms with Gasteiger partial charge in [-0.3, -0.25) is 0 Å². The summed E-state index contributed by atoms with van der Waals surface area (Å²) in [5.74, 6) is -0.567. The van der Waals surface area contributed by atoms with Gasteiger partial charge in [0.15, 0.2) is 5.54 Å². The lowest BCUT2D eigenvalue weighted by Gasteiger charge is -2.51. The molecule has 1 aliphatic carbocycles. The van der Waals surface area contributed by atoms with Crippen LogP contribution in [0.25, 0.3) is 0 Å². The highest BCUT2D eigenvalue weighted by molar-refractivity contribution is 7.12. The predicted octanol–water partition coefficient (Wildman–Crippen LogP) is 2.74. The second-order valence-corrected chi connectivity index (χ2v) is 10.4. The molecule has 2 aliphatic heterocycles. The number of quaternary nitrogens is 1. The van der Waals surface area contributed by atoms with Gasteiger partial charge in [-0.2, -0.15) is 0 Å². The molecule has 4 heterocycles. The van der Waals surface area contributed by atoms with E-state index < -0.39 is 11.6 Å². The molecular formula is C20H24NO4S2+. The van der Waals surface area contributed by atoms with Crippen LogP contribution in [0.3, 0.4) is 0 Å². The number of carbonyl (C=O) groups is 1. The van der Waals surface area contributed by atoms with Gasteiger partial charge >= 0.3 is 5.97 Å². The van der Waals surface area contributed by atoms with Crippen LogP contribution in [-0.2, 0) is 19.9 Å². The molecule has 1 saturated carbocycles. The quantitative estimate of drug-likeness (QED) is 0.482. The van der Waals surface area contributed by atoms with Gasteiger partial charge in [0.2, 0.25) is 5.60 Å². The molecule has 5 rings (SSSR count). The second-order valence-electron chi connectivity index (χ2n) is 8.49. The van der Waals surface area contributed by atoms with Crippen molar-refractivity contribution in [2.75, 3.05) is 14.1 Å². The number of nitrogens with zero attached hydrogens (tertiary/aromatic N) is 1. The van der Waals surface area contributed by atoms with Crippen molar-refractivity contribution in [2.24, 2.45) is 0 Å². The van der Waals surface area contributed by atoms with E-state index in [9.17, 15) is 9.90 Å². The number of likely N-dealkylation sites (tertiary alicyclic amines) is 1. The van der Waals surface area contributed by atoms with Crippen LogP contribution >= 0.6 is 22.7 Å². The Morgan fingerprint density at radius 2 is 1.85 bits per heavy atom. The monoisotopic (exact) mass is 406 g/mol. The van der Waals surface area contributed by atoms with Gasteiger partial charge in [0, 0.05) is 12.8 Å². The molecule has 2 aromatic heterocycles. The SMILES string of the molecule is CC1C[C@H](OC(=O)C(O)(c2cccs2)c2cccs2)CC2(C3O[C@@H]32)[N+]1(C)C. The molecule has 1 N–H and O–H groups in total. The summed E-state index contributed by atoms with van der Waals surface area (Å²) in [5.41, 5.74) is -1.66. The molecule has 1 spiro atoms. The summed E-state index contributed by atoms with van der Waals surface area (Å²) < 4.78 is 12.5. The summed E-state index contributed by atoms with van der Waals surface area (Å²) in [6.45, 7) is 2.21. The van der Waals surface area contributed by atoms with Crippen LogP contribution < -0.4 is 0 Å². The Morgan fingerprint density at radius 1 is 1.26 bits per heavy atom. The van der Waals surface area contributed by atoms with Gasteiger partial charge in [-0.15, -0.1) is 22.7 Å². The first-order chi connectivity index (χ1) is 12.8. The van der Waals surface area contributed by atoms with Crippen LogP contribution in [0.2, 0.25) is 0 Å². The first-order valence-electron chi connectivity index (χ1n) is 9.32. The zero-order chi connectivity index (χ0) is 19.0. The maximum atomic E-state index is 13.2. The molecule has 3 aliphatic rings. The Bertz CT molecular complexity index is 818. The van der Waals surface area contributed by atoms with Crippen LogP contribution in [0.15, 0.2) is 35.0 Å². The standard InChI is InChI=1S/C20H24NO4S2/c1-12-10-13(11-19(21(12,2)3)16-17(19)25-16)24-18(22)20(23,14-6-4-8-26-14)15-7-5-9-27-15/h4-9,12-13,16-17,23H,10-11H2,1-3H3/q+1/t12?,13-,16-,17?,19?/m0/s1. The largest absolute Gasteiger partial charge is 0.459 e. The summed E-state index contributed by atoms with van der Waals surface area (Å²) >= 11 is 2.74. The normalized spacial score (nSPS) is 36.3. The fourth-order valence-corrected chi connectivity index (χ4v) is 6.59. The Labute approximate surface area is 166 Å². The lowest BCUT2D eigenvalue weighted by molar-refractivity contribution is -0.961. The summed E-state index contributed by atoms with van der Waals surface area (Å²) in [6.07, 6.45) is 2.03. The van der Waals surface area contributed by atoms with E-state index in [1.165, 1.54) is 22.7 Å². The van der Waals surface area contributed by atoms with E-state index in [1.807, 2.05) is 22.9 Å². The second kappa shape index (κ2) is 5.64. The lowest BCUT2D eigenvalue weighted by atomic mass is 9.88. The van der Waals surface area contributed by atoms with Crippen LogP contribution in [0.1, 0.15) is 29.5 Å². The number of hydrogen-bond donors (Lipinski definition) is 1. The fourth-order valence-electron chi connectivity index (χ4n) is 4.88. The number of thiophene rings is 2. The number of epoxide rings is 1. The van der Waals surface area contributed by atoms with Crippen molar-refractivity contribution in [1.29, 1.82) is 0 Å². The van der Waals surface area contributed by atoms with E-state index in [0.29, 0.717) is 28.0 Å². The number of likely N-dealkylation sites (N-methyl/N-ethyl adjacent to an activating group) is 1. The molecule has 0 radical (unpaired) electrons. The molecule has 2 saturated heterocycles. The van der Waals surface area contributed by atoms with Crippen molar-refractivity contribution in [1.82, 2.24) is 0 Å². The fraction of sp³-hybridized carbons (Fsp3) is 0.550. The van der Waals surface area contributed by atoms with Gasteiger partial charge < -0.3 is 19.1 Å². The van der Waals surface area contributed by atoms with Crippen LogP contribution in [-0.4, -0.2) is 59.5 Å². The summed E-state index contributed by atoms with van der Waals surface area (Å²) in [7, 11) is 4.51. The third-order valence-electron chi connectivity index (χ3n) is 7.03. The van der Waals surface area contributed by atoms with Gasteiger partial charge in [-0.05, 0) is 29.8 Å². The third kappa shape index (κ3) is 2.29. The molecule has 3 unspecified atom stereocenters. The molecule has 0 bridgehead atoms. The number of aliphatic hydroxyl groups is 1. The van der Waals surface area contributed by atoms with Crippen molar-refractivity contribution in [3.8, 4) is 0 Å². The Kier molecular flexibility index (Phi) is 3.72. The van der Waals surface area contributed by atoms with E-state index in [0.717, 1.165) is 17.3 Å². The molecule has 0 aromatic carbocycles. The minimum Gasteiger partial charge on any atom is -0.459 e. The zero-order valence-corrected chi connectivity index (χ0v) is 17.3. The molecule has 5 atom stereocenters. The van der Waals surface area contributed by atoms with Crippen molar-refractivity contribution < 1.29 is 23.9 Å². The minimum atomic E-state index is -1.73. The summed E-state index contributed by atoms with van der Waals surface area (Å²) in [6, 6.07) is 7.64. The molecule has 0 amide bonds. The number of fused-ring (bicyclic) bond motifs is 3. The molecule has 5 nitrogen and oxygen atoms in total. The predicted molar refractivity (Wildman–Crippen MR) is 104 cm³/mol. The van der Waals surface area contributed by atoms with Gasteiger partial charge in [-0.25, -0.2) is 4.79 Å². The van der Waals surface area contributed by atoms with Crippen molar-refractivity contribution in [3.05, 3.63) is 44.8 Å². The molecule has 7 heteroatoms.